The molecule has 4 rings (SSSR count). The van der Waals surface area contributed by atoms with Crippen molar-refractivity contribution in [2.45, 2.75) is 71.3 Å². The molecule has 0 saturated carbocycles. The smallest absolute Gasteiger partial charge is 0.399 e. The van der Waals surface area contributed by atoms with Gasteiger partial charge in [-0.15, -0.1) is 0 Å². The molecule has 2 heterocycles. The van der Waals surface area contributed by atoms with E-state index in [4.69, 9.17) is 9.31 Å². The zero-order valence-electron chi connectivity index (χ0n) is 20.1. The van der Waals surface area contributed by atoms with Crippen LogP contribution in [0, 0.1) is 0 Å². The summed E-state index contributed by atoms with van der Waals surface area (Å²) in [6.07, 6.45) is -3.69. The zero-order valence-corrected chi connectivity index (χ0v) is 20.1. The molecule has 0 radical (unpaired) electrons. The van der Waals surface area contributed by atoms with Crippen LogP contribution >= 0.6 is 0 Å². The second-order valence-electron chi connectivity index (χ2n) is 10.7. The Balaban J connectivity index is 1.91. The Morgan fingerprint density at radius 3 is 2.03 bits per heavy atom. The summed E-state index contributed by atoms with van der Waals surface area (Å²) >= 11 is 0. The van der Waals surface area contributed by atoms with E-state index in [-0.39, 0.29) is 10.9 Å². The Bertz CT molecular complexity index is 1200. The third-order valence-corrected chi connectivity index (χ3v) is 6.71. The maximum Gasteiger partial charge on any atom is 0.495 e. The number of pyridine rings is 1. The number of alkyl halides is 3. The van der Waals surface area contributed by atoms with Crippen LogP contribution in [0.15, 0.2) is 48.7 Å². The predicted octanol–water partition coefficient (Wildman–Crippen LogP) is 6.52. The van der Waals surface area contributed by atoms with E-state index >= 15 is 0 Å². The molecular weight excluding hydrogens is 426 g/mol. The van der Waals surface area contributed by atoms with Crippen molar-refractivity contribution in [3.63, 3.8) is 0 Å². The van der Waals surface area contributed by atoms with Gasteiger partial charge in [0.2, 0.25) is 0 Å². The van der Waals surface area contributed by atoms with Crippen LogP contribution in [-0.2, 0) is 20.9 Å². The molecule has 0 aliphatic carbocycles. The second kappa shape index (κ2) is 7.57. The lowest BCUT2D eigenvalue weighted by atomic mass is 9.75. The highest BCUT2D eigenvalue weighted by Crippen LogP contribution is 2.39. The molecule has 0 unspecified atom stereocenters. The SMILES string of the molecule is CC(C)(C)c1cc(-c2cc(B3OC(C)(C)C(C)(C)O3)c(C(F)(F)F)cn2)cc2ccccc12. The van der Waals surface area contributed by atoms with Gasteiger partial charge in [-0.2, -0.15) is 13.2 Å². The highest BCUT2D eigenvalue weighted by Gasteiger charge is 2.53. The van der Waals surface area contributed by atoms with Gasteiger partial charge in [-0.3, -0.25) is 4.98 Å². The molecular formula is C26H29BF3NO2. The largest absolute Gasteiger partial charge is 0.495 e. The summed E-state index contributed by atoms with van der Waals surface area (Å²) < 4.78 is 53.6. The van der Waals surface area contributed by atoms with E-state index in [1.54, 1.807) is 0 Å². The fourth-order valence-electron chi connectivity index (χ4n) is 4.11. The van der Waals surface area contributed by atoms with Gasteiger partial charge in [0.1, 0.15) is 0 Å². The first kappa shape index (κ1) is 23.8. The van der Waals surface area contributed by atoms with E-state index in [9.17, 15) is 13.2 Å². The van der Waals surface area contributed by atoms with Crippen LogP contribution in [-0.4, -0.2) is 23.3 Å². The number of rotatable bonds is 2. The van der Waals surface area contributed by atoms with Crippen molar-refractivity contribution in [1.29, 1.82) is 0 Å². The molecule has 0 bridgehead atoms. The van der Waals surface area contributed by atoms with Crippen LogP contribution in [0.4, 0.5) is 13.2 Å². The van der Waals surface area contributed by atoms with Crippen LogP contribution < -0.4 is 5.46 Å². The first-order valence-corrected chi connectivity index (χ1v) is 11.1. The number of hydrogen-bond donors (Lipinski definition) is 0. The molecule has 1 aliphatic heterocycles. The van der Waals surface area contributed by atoms with E-state index in [0.29, 0.717) is 5.69 Å². The average Bonchev–Trinajstić information content (AvgIpc) is 2.92. The van der Waals surface area contributed by atoms with Gasteiger partial charge in [-0.05, 0) is 73.1 Å². The Labute approximate surface area is 193 Å². The van der Waals surface area contributed by atoms with Gasteiger partial charge < -0.3 is 9.31 Å². The number of aromatic nitrogens is 1. The quantitative estimate of drug-likeness (QED) is 0.413. The van der Waals surface area contributed by atoms with E-state index < -0.39 is 30.1 Å². The van der Waals surface area contributed by atoms with Crippen molar-refractivity contribution >= 4 is 23.4 Å². The molecule has 0 spiro atoms. The molecule has 2 aromatic carbocycles. The fraction of sp³-hybridized carbons (Fsp3) is 0.423. The summed E-state index contributed by atoms with van der Waals surface area (Å²) in [5, 5.41) is 2.13. The molecule has 1 saturated heterocycles. The van der Waals surface area contributed by atoms with Crippen LogP contribution in [0.5, 0.6) is 0 Å². The van der Waals surface area contributed by atoms with E-state index in [2.05, 4.69) is 31.8 Å². The maximum atomic E-state index is 13.9. The van der Waals surface area contributed by atoms with E-state index in [0.717, 1.165) is 28.1 Å². The summed E-state index contributed by atoms with van der Waals surface area (Å²) in [6, 6.07) is 13.5. The topological polar surface area (TPSA) is 31.4 Å². The standard InChI is InChI=1S/C26H29BF3NO2/c1-23(2,3)19-13-17(12-16-10-8-9-11-18(16)19)22-14-21(20(15-31-22)26(28,29)30)27-32-24(4,5)25(6,7)33-27/h8-15H,1-7H3. The minimum Gasteiger partial charge on any atom is -0.399 e. The normalized spacial score (nSPS) is 18.2. The minimum absolute atomic E-state index is 0.0587. The monoisotopic (exact) mass is 455 g/mol. The summed E-state index contributed by atoms with van der Waals surface area (Å²) in [5.74, 6) is 0. The molecule has 1 aliphatic rings. The molecule has 0 amide bonds. The highest BCUT2D eigenvalue weighted by molar-refractivity contribution is 6.62. The Kier molecular flexibility index (Phi) is 5.45. The fourth-order valence-corrected chi connectivity index (χ4v) is 4.11. The van der Waals surface area contributed by atoms with Crippen LogP contribution in [0.2, 0.25) is 0 Å². The van der Waals surface area contributed by atoms with Crippen molar-refractivity contribution < 1.29 is 22.5 Å². The lowest BCUT2D eigenvalue weighted by molar-refractivity contribution is -0.137. The van der Waals surface area contributed by atoms with E-state index in [1.165, 1.54) is 6.07 Å². The van der Waals surface area contributed by atoms with Crippen LogP contribution in [0.3, 0.4) is 0 Å². The molecule has 174 valence electrons. The van der Waals surface area contributed by atoms with Crippen molar-refractivity contribution in [2.24, 2.45) is 0 Å². The molecule has 0 N–H and O–H groups in total. The molecule has 33 heavy (non-hydrogen) atoms. The number of hydrogen-bond acceptors (Lipinski definition) is 3. The van der Waals surface area contributed by atoms with Gasteiger partial charge in [-0.1, -0.05) is 45.0 Å². The predicted molar refractivity (Wildman–Crippen MR) is 127 cm³/mol. The molecule has 0 atom stereocenters. The average molecular weight is 455 g/mol. The molecule has 1 aromatic heterocycles. The van der Waals surface area contributed by atoms with Gasteiger partial charge in [-0.25, -0.2) is 0 Å². The summed E-state index contributed by atoms with van der Waals surface area (Å²) in [7, 11) is -1.14. The lowest BCUT2D eigenvalue weighted by Crippen LogP contribution is -2.41. The summed E-state index contributed by atoms with van der Waals surface area (Å²) in [5.41, 5.74) is -0.267. The summed E-state index contributed by atoms with van der Waals surface area (Å²) in [6.45, 7) is 13.6. The molecule has 3 aromatic rings. The Hall–Kier alpha value is -2.38. The van der Waals surface area contributed by atoms with Gasteiger partial charge in [0, 0.05) is 11.8 Å². The van der Waals surface area contributed by atoms with Crippen LogP contribution in [0.1, 0.15) is 59.6 Å². The number of nitrogens with zero attached hydrogens (tertiary/aromatic N) is 1. The van der Waals surface area contributed by atoms with Crippen LogP contribution in [0.25, 0.3) is 22.0 Å². The summed E-state index contributed by atoms with van der Waals surface area (Å²) in [4.78, 5) is 4.22. The van der Waals surface area contributed by atoms with Crippen molar-refractivity contribution in [2.75, 3.05) is 0 Å². The molecule has 7 heteroatoms. The second-order valence-corrected chi connectivity index (χ2v) is 10.7. The zero-order chi connectivity index (χ0) is 24.4. The van der Waals surface area contributed by atoms with Crippen molar-refractivity contribution in [3.05, 3.63) is 59.8 Å². The van der Waals surface area contributed by atoms with Crippen molar-refractivity contribution in [3.8, 4) is 11.3 Å². The van der Waals surface area contributed by atoms with E-state index in [1.807, 2.05) is 58.0 Å². The van der Waals surface area contributed by atoms with Gasteiger partial charge >= 0.3 is 13.3 Å². The lowest BCUT2D eigenvalue weighted by Gasteiger charge is -2.32. The van der Waals surface area contributed by atoms with Gasteiger partial charge in [0.05, 0.1) is 22.5 Å². The third kappa shape index (κ3) is 4.29. The number of benzene rings is 2. The van der Waals surface area contributed by atoms with Crippen molar-refractivity contribution in [1.82, 2.24) is 4.98 Å². The first-order valence-electron chi connectivity index (χ1n) is 11.1. The minimum atomic E-state index is -4.58. The number of halogens is 3. The third-order valence-electron chi connectivity index (χ3n) is 6.71. The van der Waals surface area contributed by atoms with Gasteiger partial charge in [0.15, 0.2) is 0 Å². The van der Waals surface area contributed by atoms with Gasteiger partial charge in [0.25, 0.3) is 0 Å². The molecule has 1 fully saturated rings. The Morgan fingerprint density at radius 1 is 0.848 bits per heavy atom. The number of fused-ring (bicyclic) bond motifs is 1. The Morgan fingerprint density at radius 2 is 1.45 bits per heavy atom. The highest BCUT2D eigenvalue weighted by atomic mass is 19.4. The maximum absolute atomic E-state index is 13.9. The first-order chi connectivity index (χ1) is 15.1. The molecule has 3 nitrogen and oxygen atoms in total.